The molecule has 1 N–H and O–H groups in total. The maximum Gasteiger partial charge on any atom is 0.224 e. The molecule has 3 nitrogen and oxygen atoms in total. The van der Waals surface area contributed by atoms with Crippen molar-refractivity contribution >= 4 is 59.0 Å². The number of rotatable bonds is 5. The van der Waals surface area contributed by atoms with E-state index in [2.05, 4.69) is 17.9 Å². The molecule has 0 saturated heterocycles. The molecule has 0 aliphatic carbocycles. The first kappa shape index (κ1) is 21.2. The average molecular weight is 433 g/mol. The van der Waals surface area contributed by atoms with E-state index in [1.165, 1.54) is 0 Å². The van der Waals surface area contributed by atoms with Crippen molar-refractivity contribution in [1.82, 2.24) is 0 Å². The number of ether oxygens (including phenoxy) is 1. The molecular weight excluding hydrogens is 413 g/mol. The summed E-state index contributed by atoms with van der Waals surface area (Å²) < 4.78 is 5.65. The molecule has 0 spiro atoms. The lowest BCUT2D eigenvalue weighted by molar-refractivity contribution is -0.116. The largest absolute Gasteiger partial charge is 0.494 e. The Morgan fingerprint density at radius 3 is 2.50 bits per heavy atom. The molecule has 2 aromatic rings. The zero-order valence-electron chi connectivity index (χ0n) is 14.1. The first-order chi connectivity index (χ1) is 12.5. The summed E-state index contributed by atoms with van der Waals surface area (Å²) in [5.41, 5.74) is 2.08. The summed E-state index contributed by atoms with van der Waals surface area (Å²) in [6.07, 6.45) is 3.46. The van der Waals surface area contributed by atoms with Gasteiger partial charge in [0, 0.05) is 17.1 Å². The molecule has 26 heavy (non-hydrogen) atoms. The van der Waals surface area contributed by atoms with Crippen LogP contribution in [0.3, 0.4) is 0 Å². The number of nitrogens with one attached hydrogen (secondary N) is 1. The minimum Gasteiger partial charge on any atom is -0.494 e. The van der Waals surface area contributed by atoms with Crippen LogP contribution in [0.4, 0.5) is 5.69 Å². The number of benzene rings is 2. The fourth-order valence-electron chi connectivity index (χ4n) is 2.32. The Balaban J connectivity index is 0.000000228. The van der Waals surface area contributed by atoms with Crippen molar-refractivity contribution in [3.8, 4) is 5.75 Å². The number of hydrogen-bond donors (Lipinski definition) is 2. The first-order valence-corrected chi connectivity index (χ1v) is 10.0. The Morgan fingerprint density at radius 2 is 1.81 bits per heavy atom. The number of fused-ring (bicyclic) bond motifs is 1. The molecule has 0 radical (unpaired) electrons. The Hall–Kier alpha value is -1.07. The van der Waals surface area contributed by atoms with Crippen molar-refractivity contribution in [2.75, 3.05) is 17.7 Å². The monoisotopic (exact) mass is 431 g/mol. The SMILES string of the molecule is Clc1ccc(Cl)c(Cl)c1.O=C1CCc2cc(OCCCCS)ccc2N1. The van der Waals surface area contributed by atoms with Gasteiger partial charge >= 0.3 is 0 Å². The molecule has 7 heteroatoms. The number of unbranched alkanes of at least 4 members (excludes halogenated alkanes) is 1. The van der Waals surface area contributed by atoms with Crippen molar-refractivity contribution in [2.24, 2.45) is 0 Å². The van der Waals surface area contributed by atoms with Gasteiger partial charge in [-0.25, -0.2) is 0 Å². The van der Waals surface area contributed by atoms with Gasteiger partial charge in [-0.2, -0.15) is 12.6 Å². The zero-order valence-corrected chi connectivity index (χ0v) is 17.3. The molecule has 0 fully saturated rings. The zero-order chi connectivity index (χ0) is 18.9. The minimum absolute atomic E-state index is 0.0972. The van der Waals surface area contributed by atoms with E-state index in [1.807, 2.05) is 18.2 Å². The van der Waals surface area contributed by atoms with Gasteiger partial charge in [0.15, 0.2) is 0 Å². The summed E-state index contributed by atoms with van der Waals surface area (Å²) in [6, 6.07) is 10.8. The predicted molar refractivity (Wildman–Crippen MR) is 113 cm³/mol. The van der Waals surface area contributed by atoms with Crippen molar-refractivity contribution in [1.29, 1.82) is 0 Å². The van der Waals surface area contributed by atoms with Gasteiger partial charge in [-0.3, -0.25) is 4.79 Å². The van der Waals surface area contributed by atoms with Gasteiger partial charge < -0.3 is 10.1 Å². The van der Waals surface area contributed by atoms with Crippen LogP contribution in [0.25, 0.3) is 0 Å². The molecule has 0 unspecified atom stereocenters. The number of halogens is 3. The van der Waals surface area contributed by atoms with Gasteiger partial charge in [-0.15, -0.1) is 0 Å². The number of carbonyl (C=O) groups excluding carboxylic acids is 1. The second-order valence-electron chi connectivity index (χ2n) is 5.70. The third kappa shape index (κ3) is 6.92. The fraction of sp³-hybridized carbons (Fsp3) is 0.316. The van der Waals surface area contributed by atoms with Crippen LogP contribution in [0.2, 0.25) is 15.1 Å². The first-order valence-electron chi connectivity index (χ1n) is 8.26. The Bertz CT molecular complexity index is 756. The molecule has 0 bridgehead atoms. The van der Waals surface area contributed by atoms with E-state index in [1.54, 1.807) is 18.2 Å². The predicted octanol–water partition coefficient (Wildman–Crippen LogP) is 6.31. The van der Waals surface area contributed by atoms with E-state index < -0.39 is 0 Å². The number of aryl methyl sites for hydroxylation is 1. The molecule has 3 rings (SSSR count). The van der Waals surface area contributed by atoms with Gasteiger partial charge in [0.2, 0.25) is 5.91 Å². The highest BCUT2D eigenvalue weighted by Crippen LogP contribution is 2.27. The molecule has 1 heterocycles. The Kier molecular flexibility index (Phi) is 8.93. The molecule has 0 atom stereocenters. The molecule has 1 aliphatic rings. The number of carbonyl (C=O) groups is 1. The lowest BCUT2D eigenvalue weighted by Gasteiger charge is -2.17. The highest BCUT2D eigenvalue weighted by molar-refractivity contribution is 7.80. The lowest BCUT2D eigenvalue weighted by atomic mass is 10.0. The van der Waals surface area contributed by atoms with Crippen molar-refractivity contribution < 1.29 is 9.53 Å². The van der Waals surface area contributed by atoms with Crippen molar-refractivity contribution in [3.05, 3.63) is 57.0 Å². The van der Waals surface area contributed by atoms with Gasteiger partial charge in [0.05, 0.1) is 16.7 Å². The quantitative estimate of drug-likeness (QED) is 0.330. The maximum absolute atomic E-state index is 11.2. The maximum atomic E-state index is 11.2. The summed E-state index contributed by atoms with van der Waals surface area (Å²) in [4.78, 5) is 11.2. The smallest absolute Gasteiger partial charge is 0.224 e. The third-order valence-corrected chi connectivity index (χ3v) is 4.97. The summed E-state index contributed by atoms with van der Waals surface area (Å²) >= 11 is 20.9. The van der Waals surface area contributed by atoms with Gasteiger partial charge in [-0.1, -0.05) is 34.8 Å². The second kappa shape index (κ2) is 10.9. The average Bonchev–Trinajstić information content (AvgIpc) is 2.63. The van der Waals surface area contributed by atoms with E-state index in [0.717, 1.165) is 48.6 Å². The van der Waals surface area contributed by atoms with Crippen molar-refractivity contribution in [3.63, 3.8) is 0 Å². The van der Waals surface area contributed by atoms with Gasteiger partial charge in [-0.05, 0) is 67.0 Å². The molecule has 1 aliphatic heterocycles. The van der Waals surface area contributed by atoms with E-state index in [-0.39, 0.29) is 5.91 Å². The second-order valence-corrected chi connectivity index (χ2v) is 7.40. The molecule has 140 valence electrons. The highest BCUT2D eigenvalue weighted by atomic mass is 35.5. The summed E-state index contributed by atoms with van der Waals surface area (Å²) in [6.45, 7) is 0.728. The minimum atomic E-state index is 0.0972. The Labute approximate surface area is 174 Å². The highest BCUT2D eigenvalue weighted by Gasteiger charge is 2.14. The topological polar surface area (TPSA) is 38.3 Å². The summed E-state index contributed by atoms with van der Waals surface area (Å²) in [5.74, 6) is 1.89. The Morgan fingerprint density at radius 1 is 1.00 bits per heavy atom. The molecule has 0 aromatic heterocycles. The van der Waals surface area contributed by atoms with Crippen molar-refractivity contribution in [2.45, 2.75) is 25.7 Å². The van der Waals surface area contributed by atoms with Crippen LogP contribution in [0, 0.1) is 0 Å². The summed E-state index contributed by atoms with van der Waals surface area (Å²) in [7, 11) is 0. The number of amides is 1. The van der Waals surface area contributed by atoms with Gasteiger partial charge in [0.1, 0.15) is 5.75 Å². The van der Waals surface area contributed by atoms with Crippen LogP contribution < -0.4 is 10.1 Å². The van der Waals surface area contributed by atoms with Crippen LogP contribution in [-0.4, -0.2) is 18.3 Å². The third-order valence-electron chi connectivity index (χ3n) is 3.68. The van der Waals surface area contributed by atoms with Crippen LogP contribution in [0.15, 0.2) is 36.4 Å². The van der Waals surface area contributed by atoms with E-state index in [9.17, 15) is 4.79 Å². The lowest BCUT2D eigenvalue weighted by Crippen LogP contribution is -2.18. The number of anilines is 1. The van der Waals surface area contributed by atoms with E-state index >= 15 is 0 Å². The molecule has 1 amide bonds. The normalized spacial score (nSPS) is 12.5. The van der Waals surface area contributed by atoms with E-state index in [4.69, 9.17) is 39.5 Å². The molecule has 0 saturated carbocycles. The van der Waals surface area contributed by atoms with Crippen LogP contribution >= 0.6 is 47.4 Å². The number of thiol groups is 1. The van der Waals surface area contributed by atoms with Crippen LogP contribution in [0.1, 0.15) is 24.8 Å². The van der Waals surface area contributed by atoms with Gasteiger partial charge in [0.25, 0.3) is 0 Å². The summed E-state index contributed by atoms with van der Waals surface area (Å²) in [5, 5.41) is 4.48. The van der Waals surface area contributed by atoms with Crippen LogP contribution in [0.5, 0.6) is 5.75 Å². The van der Waals surface area contributed by atoms with Crippen LogP contribution in [-0.2, 0) is 11.2 Å². The van der Waals surface area contributed by atoms with E-state index in [0.29, 0.717) is 21.5 Å². The molecular formula is C19H20Cl3NO2S. The standard InChI is InChI=1S/C13H17NO2S.C6H3Cl3/c15-13-6-3-10-9-11(4-5-12(10)14-13)16-7-1-2-8-17;7-4-1-2-5(8)6(9)3-4/h4-5,9,17H,1-3,6-8H2,(H,14,15);1-3H. The number of hydrogen-bond acceptors (Lipinski definition) is 3. The fourth-order valence-corrected chi connectivity index (χ4v) is 3.07. The molecule has 2 aromatic carbocycles.